The van der Waals surface area contributed by atoms with Crippen LogP contribution in [0, 0.1) is 0 Å². The van der Waals surface area contributed by atoms with E-state index in [0.717, 1.165) is 10.5 Å². The third-order valence-corrected chi connectivity index (χ3v) is 3.40. The van der Waals surface area contributed by atoms with Crippen molar-refractivity contribution in [3.63, 3.8) is 0 Å². The van der Waals surface area contributed by atoms with Crippen LogP contribution in [0.15, 0.2) is 29.2 Å². The fourth-order valence-corrected chi connectivity index (χ4v) is 2.19. The van der Waals surface area contributed by atoms with Gasteiger partial charge in [0.25, 0.3) is 0 Å². The van der Waals surface area contributed by atoms with Gasteiger partial charge < -0.3 is 10.8 Å². The molecule has 1 unspecified atom stereocenters. The maximum Gasteiger partial charge on any atom is 0.316 e. The Morgan fingerprint density at radius 1 is 1.60 bits per heavy atom. The molecule has 15 heavy (non-hydrogen) atoms. The molecule has 82 valence electrons. The van der Waals surface area contributed by atoms with Crippen molar-refractivity contribution in [3.05, 3.63) is 29.8 Å². The van der Waals surface area contributed by atoms with Crippen LogP contribution in [-0.2, 0) is 11.3 Å². The molecule has 0 saturated carbocycles. The Morgan fingerprint density at radius 3 is 2.87 bits per heavy atom. The predicted octanol–water partition coefficient (Wildman–Crippen LogP) is 2.10. The van der Waals surface area contributed by atoms with Crippen LogP contribution in [0.25, 0.3) is 0 Å². The quantitative estimate of drug-likeness (QED) is 0.753. The molecule has 0 aliphatic heterocycles. The molecule has 0 aliphatic carbocycles. The molecule has 0 radical (unpaired) electrons. The topological polar surface area (TPSA) is 63.3 Å². The van der Waals surface area contributed by atoms with Crippen LogP contribution in [0.3, 0.4) is 0 Å². The van der Waals surface area contributed by atoms with Crippen LogP contribution in [0.4, 0.5) is 0 Å². The minimum atomic E-state index is -0.763. The van der Waals surface area contributed by atoms with Crippen molar-refractivity contribution >= 4 is 17.7 Å². The van der Waals surface area contributed by atoms with Gasteiger partial charge in [-0.05, 0) is 24.1 Å². The lowest BCUT2D eigenvalue weighted by molar-refractivity contribution is -0.136. The van der Waals surface area contributed by atoms with Crippen LogP contribution in [0.1, 0.15) is 18.9 Å². The van der Waals surface area contributed by atoms with Gasteiger partial charge in [0.1, 0.15) is 5.25 Å². The summed E-state index contributed by atoms with van der Waals surface area (Å²) in [5.74, 6) is -0.763. The van der Waals surface area contributed by atoms with Gasteiger partial charge in [-0.1, -0.05) is 19.1 Å². The van der Waals surface area contributed by atoms with E-state index in [4.69, 9.17) is 10.8 Å². The molecule has 1 atom stereocenters. The standard InChI is InChI=1S/C11H15NO2S/c1-2-10(11(13)14)15-9-5-3-4-8(6-9)7-12/h3-6,10H,2,7,12H2,1H3,(H,13,14). The van der Waals surface area contributed by atoms with Crippen LogP contribution < -0.4 is 5.73 Å². The van der Waals surface area contributed by atoms with E-state index in [-0.39, 0.29) is 5.25 Å². The largest absolute Gasteiger partial charge is 0.480 e. The Morgan fingerprint density at radius 2 is 2.33 bits per heavy atom. The number of rotatable bonds is 5. The summed E-state index contributed by atoms with van der Waals surface area (Å²) in [7, 11) is 0. The summed E-state index contributed by atoms with van der Waals surface area (Å²) in [5, 5.41) is 8.54. The predicted molar refractivity (Wildman–Crippen MR) is 61.9 cm³/mol. The summed E-state index contributed by atoms with van der Waals surface area (Å²) in [5.41, 5.74) is 6.54. The number of thioether (sulfide) groups is 1. The SMILES string of the molecule is CCC(Sc1cccc(CN)c1)C(=O)O. The van der Waals surface area contributed by atoms with Crippen LogP contribution in [-0.4, -0.2) is 16.3 Å². The molecule has 0 aliphatic rings. The van der Waals surface area contributed by atoms with E-state index in [1.807, 2.05) is 31.2 Å². The van der Waals surface area contributed by atoms with Crippen molar-refractivity contribution in [1.29, 1.82) is 0 Å². The molecule has 0 aromatic heterocycles. The Balaban J connectivity index is 2.74. The Labute approximate surface area is 93.7 Å². The molecule has 0 bridgehead atoms. The van der Waals surface area contributed by atoms with Gasteiger partial charge in [-0.3, -0.25) is 4.79 Å². The highest BCUT2D eigenvalue weighted by molar-refractivity contribution is 8.00. The first-order chi connectivity index (χ1) is 7.17. The van der Waals surface area contributed by atoms with Crippen molar-refractivity contribution in [3.8, 4) is 0 Å². The Hall–Kier alpha value is -1.00. The average Bonchev–Trinajstić information content (AvgIpc) is 2.25. The number of carboxylic acids is 1. The van der Waals surface area contributed by atoms with E-state index >= 15 is 0 Å². The van der Waals surface area contributed by atoms with Gasteiger partial charge in [-0.15, -0.1) is 11.8 Å². The molecule has 0 heterocycles. The summed E-state index contributed by atoms with van der Waals surface area (Å²) in [4.78, 5) is 11.8. The highest BCUT2D eigenvalue weighted by Gasteiger charge is 2.16. The summed E-state index contributed by atoms with van der Waals surface area (Å²) in [6.07, 6.45) is 0.618. The second-order valence-electron chi connectivity index (χ2n) is 3.20. The molecule has 1 aromatic carbocycles. The van der Waals surface area contributed by atoms with Gasteiger partial charge in [0.2, 0.25) is 0 Å². The monoisotopic (exact) mass is 225 g/mol. The van der Waals surface area contributed by atoms with Gasteiger partial charge in [0.15, 0.2) is 0 Å². The average molecular weight is 225 g/mol. The number of aliphatic carboxylic acids is 1. The highest BCUT2D eigenvalue weighted by Crippen LogP contribution is 2.26. The van der Waals surface area contributed by atoms with Gasteiger partial charge in [0, 0.05) is 11.4 Å². The van der Waals surface area contributed by atoms with Gasteiger partial charge >= 0.3 is 5.97 Å². The maximum absolute atomic E-state index is 10.8. The van der Waals surface area contributed by atoms with E-state index in [9.17, 15) is 4.79 Å². The molecular formula is C11H15NO2S. The first-order valence-electron chi connectivity index (χ1n) is 4.85. The summed E-state index contributed by atoms with van der Waals surface area (Å²) in [6, 6.07) is 7.69. The van der Waals surface area contributed by atoms with Gasteiger partial charge in [-0.25, -0.2) is 0 Å². The number of carboxylic acid groups (broad SMARTS) is 1. The molecule has 0 saturated heterocycles. The van der Waals surface area contributed by atoms with Crippen LogP contribution in [0.5, 0.6) is 0 Å². The number of carbonyl (C=O) groups is 1. The zero-order chi connectivity index (χ0) is 11.3. The molecule has 0 fully saturated rings. The Bertz CT molecular complexity index is 341. The van der Waals surface area contributed by atoms with E-state index < -0.39 is 5.97 Å². The molecule has 3 nitrogen and oxygen atoms in total. The smallest absolute Gasteiger partial charge is 0.316 e. The minimum Gasteiger partial charge on any atom is -0.480 e. The van der Waals surface area contributed by atoms with Crippen molar-refractivity contribution in [2.45, 2.75) is 30.0 Å². The van der Waals surface area contributed by atoms with Gasteiger partial charge in [-0.2, -0.15) is 0 Å². The zero-order valence-electron chi connectivity index (χ0n) is 8.64. The van der Waals surface area contributed by atoms with Gasteiger partial charge in [0.05, 0.1) is 0 Å². The molecule has 4 heteroatoms. The second kappa shape index (κ2) is 5.78. The van der Waals surface area contributed by atoms with Crippen molar-refractivity contribution in [2.75, 3.05) is 0 Å². The number of hydrogen-bond acceptors (Lipinski definition) is 3. The lowest BCUT2D eigenvalue weighted by Gasteiger charge is -2.09. The molecule has 3 N–H and O–H groups in total. The molecular weight excluding hydrogens is 210 g/mol. The normalized spacial score (nSPS) is 12.4. The second-order valence-corrected chi connectivity index (χ2v) is 4.48. The van der Waals surface area contributed by atoms with E-state index in [1.165, 1.54) is 11.8 Å². The number of nitrogens with two attached hydrogens (primary N) is 1. The van der Waals surface area contributed by atoms with Crippen LogP contribution >= 0.6 is 11.8 Å². The third-order valence-electron chi connectivity index (χ3n) is 2.06. The number of hydrogen-bond donors (Lipinski definition) is 2. The maximum atomic E-state index is 10.8. The van der Waals surface area contributed by atoms with E-state index in [1.54, 1.807) is 0 Å². The first kappa shape index (κ1) is 12.1. The molecule has 0 amide bonds. The number of benzene rings is 1. The van der Waals surface area contributed by atoms with Crippen molar-refractivity contribution < 1.29 is 9.90 Å². The first-order valence-corrected chi connectivity index (χ1v) is 5.73. The van der Waals surface area contributed by atoms with E-state index in [0.29, 0.717) is 13.0 Å². The fourth-order valence-electron chi connectivity index (χ4n) is 1.22. The highest BCUT2D eigenvalue weighted by atomic mass is 32.2. The summed E-state index contributed by atoms with van der Waals surface area (Å²) < 4.78 is 0. The summed E-state index contributed by atoms with van der Waals surface area (Å²) in [6.45, 7) is 2.36. The third kappa shape index (κ3) is 3.57. The molecule has 1 aromatic rings. The van der Waals surface area contributed by atoms with Crippen LogP contribution in [0.2, 0.25) is 0 Å². The van der Waals surface area contributed by atoms with E-state index in [2.05, 4.69) is 0 Å². The fraction of sp³-hybridized carbons (Fsp3) is 0.364. The van der Waals surface area contributed by atoms with Crippen molar-refractivity contribution in [1.82, 2.24) is 0 Å². The lowest BCUT2D eigenvalue weighted by atomic mass is 10.2. The molecule has 0 spiro atoms. The zero-order valence-corrected chi connectivity index (χ0v) is 9.46. The molecule has 1 rings (SSSR count). The minimum absolute atomic E-state index is 0.377. The lowest BCUT2D eigenvalue weighted by Crippen LogP contribution is -2.14. The Kier molecular flexibility index (Phi) is 4.65. The van der Waals surface area contributed by atoms with Crippen molar-refractivity contribution in [2.24, 2.45) is 5.73 Å². The summed E-state index contributed by atoms with van der Waals surface area (Å²) >= 11 is 1.37.